The average Bonchev–Trinajstić information content (AvgIpc) is 2.26. The van der Waals surface area contributed by atoms with Gasteiger partial charge in [0.1, 0.15) is 5.75 Å². The molecule has 0 aliphatic heterocycles. The van der Waals surface area contributed by atoms with Crippen LogP contribution >= 0.6 is 0 Å². The SMILES string of the molecule is CC(C)(C)c1cccc(C(C)(C)C)c1OC(=O)C=[N+]=[N-]. The van der Waals surface area contributed by atoms with Gasteiger partial charge in [0.05, 0.1) is 0 Å². The summed E-state index contributed by atoms with van der Waals surface area (Å²) in [6.07, 6.45) is 0.756. The number of carbonyl (C=O) groups excluding carboxylic acids is 1. The Balaban J connectivity index is 3.48. The fourth-order valence-electron chi connectivity index (χ4n) is 2.00. The first-order valence-electron chi connectivity index (χ1n) is 6.60. The molecule has 0 saturated carbocycles. The van der Waals surface area contributed by atoms with Gasteiger partial charge in [-0.2, -0.15) is 4.79 Å². The summed E-state index contributed by atoms with van der Waals surface area (Å²) in [5.74, 6) is -0.132. The van der Waals surface area contributed by atoms with Crippen LogP contribution in [-0.2, 0) is 15.6 Å². The fourth-order valence-corrected chi connectivity index (χ4v) is 2.00. The van der Waals surface area contributed by atoms with E-state index < -0.39 is 5.97 Å². The van der Waals surface area contributed by atoms with Crippen molar-refractivity contribution < 1.29 is 14.3 Å². The maximum Gasteiger partial charge on any atom is 0.419 e. The summed E-state index contributed by atoms with van der Waals surface area (Å²) < 4.78 is 5.42. The van der Waals surface area contributed by atoms with E-state index in [1.165, 1.54) is 0 Å². The molecule has 4 nitrogen and oxygen atoms in total. The molecule has 1 aromatic carbocycles. The van der Waals surface area contributed by atoms with Crippen LogP contribution in [0.15, 0.2) is 18.2 Å². The van der Waals surface area contributed by atoms with E-state index in [4.69, 9.17) is 10.3 Å². The number of rotatable bonds is 2. The quantitative estimate of drug-likeness (QED) is 0.272. The summed E-state index contributed by atoms with van der Waals surface area (Å²) in [7, 11) is 0. The number of benzene rings is 1. The summed E-state index contributed by atoms with van der Waals surface area (Å²) in [5, 5.41) is 0. The first-order chi connectivity index (χ1) is 9.07. The molecule has 1 rings (SSSR count). The van der Waals surface area contributed by atoms with Crippen molar-refractivity contribution in [3.8, 4) is 5.75 Å². The molecule has 0 aromatic heterocycles. The van der Waals surface area contributed by atoms with Gasteiger partial charge in [0, 0.05) is 11.1 Å². The van der Waals surface area contributed by atoms with Crippen LogP contribution in [0.4, 0.5) is 0 Å². The number of ether oxygens (including phenoxy) is 1. The third-order valence-electron chi connectivity index (χ3n) is 3.00. The summed E-state index contributed by atoms with van der Waals surface area (Å²) in [5.41, 5.74) is 10.0. The van der Waals surface area contributed by atoms with Gasteiger partial charge in [-0.05, 0) is 10.8 Å². The largest absolute Gasteiger partial charge is 0.419 e. The number of hydrogen-bond donors (Lipinski definition) is 0. The second-order valence-electron chi connectivity index (χ2n) is 6.85. The lowest BCUT2D eigenvalue weighted by molar-refractivity contribution is -0.130. The van der Waals surface area contributed by atoms with E-state index in [1.807, 2.05) is 18.2 Å². The van der Waals surface area contributed by atoms with Crippen LogP contribution in [0.1, 0.15) is 52.7 Å². The summed E-state index contributed by atoms with van der Waals surface area (Å²) in [4.78, 5) is 14.4. The molecule has 0 radical (unpaired) electrons. The minimum Gasteiger partial charge on any atom is -0.418 e. The van der Waals surface area contributed by atoms with Gasteiger partial charge < -0.3 is 10.3 Å². The number of esters is 1. The van der Waals surface area contributed by atoms with Crippen molar-refractivity contribution in [3.63, 3.8) is 0 Å². The van der Waals surface area contributed by atoms with Crippen LogP contribution in [-0.4, -0.2) is 17.0 Å². The molecular formula is C16H22N2O2. The zero-order chi connectivity index (χ0) is 15.6. The predicted molar refractivity (Wildman–Crippen MR) is 79.2 cm³/mol. The maximum absolute atomic E-state index is 11.6. The third-order valence-corrected chi connectivity index (χ3v) is 3.00. The Morgan fingerprint density at radius 1 is 1.10 bits per heavy atom. The van der Waals surface area contributed by atoms with Gasteiger partial charge in [0.15, 0.2) is 0 Å². The van der Waals surface area contributed by atoms with Crippen molar-refractivity contribution in [3.05, 3.63) is 34.9 Å². The highest BCUT2D eigenvalue weighted by molar-refractivity contribution is 6.21. The molecule has 20 heavy (non-hydrogen) atoms. The lowest BCUT2D eigenvalue weighted by Gasteiger charge is -2.28. The Morgan fingerprint density at radius 2 is 1.55 bits per heavy atom. The van der Waals surface area contributed by atoms with Crippen molar-refractivity contribution in [2.75, 3.05) is 0 Å². The van der Waals surface area contributed by atoms with Gasteiger partial charge >= 0.3 is 12.2 Å². The molecule has 0 aliphatic carbocycles. The minimum absolute atomic E-state index is 0.159. The zero-order valence-corrected chi connectivity index (χ0v) is 13.0. The lowest BCUT2D eigenvalue weighted by atomic mass is 9.79. The van der Waals surface area contributed by atoms with E-state index >= 15 is 0 Å². The Bertz CT molecular complexity index is 525. The van der Waals surface area contributed by atoms with Gasteiger partial charge in [0.25, 0.3) is 0 Å². The first kappa shape index (κ1) is 16.1. The smallest absolute Gasteiger partial charge is 0.418 e. The van der Waals surface area contributed by atoms with Crippen molar-refractivity contribution in [2.45, 2.75) is 52.4 Å². The lowest BCUT2D eigenvalue weighted by Crippen LogP contribution is -2.22. The molecule has 4 heteroatoms. The number of carbonyl (C=O) groups is 1. The molecule has 0 unspecified atom stereocenters. The summed E-state index contributed by atoms with van der Waals surface area (Å²) in [6.45, 7) is 12.4. The Morgan fingerprint density at radius 3 is 1.90 bits per heavy atom. The van der Waals surface area contributed by atoms with Crippen LogP contribution in [0.2, 0.25) is 0 Å². The van der Waals surface area contributed by atoms with Gasteiger partial charge in [-0.1, -0.05) is 59.7 Å². The molecule has 0 bridgehead atoms. The third kappa shape index (κ3) is 3.78. The molecule has 0 atom stereocenters. The maximum atomic E-state index is 11.6. The van der Waals surface area contributed by atoms with Crippen LogP contribution in [0.3, 0.4) is 0 Å². The predicted octanol–water partition coefficient (Wildman–Crippen LogP) is 3.49. The van der Waals surface area contributed by atoms with Crippen LogP contribution in [0.5, 0.6) is 5.75 Å². The standard InChI is InChI=1S/C16H22N2O2/c1-15(2,3)11-8-7-9-12(16(4,5)6)14(11)20-13(19)10-18-17/h7-10H,1-6H3. The number of nitrogens with zero attached hydrogens (tertiary/aromatic N) is 2. The van der Waals surface area contributed by atoms with Gasteiger partial charge in [0.2, 0.25) is 0 Å². The van der Waals surface area contributed by atoms with E-state index in [1.54, 1.807) is 0 Å². The van der Waals surface area contributed by atoms with Crippen LogP contribution in [0.25, 0.3) is 5.53 Å². The Labute approximate surface area is 120 Å². The number of para-hydroxylation sites is 1. The number of hydrogen-bond acceptors (Lipinski definition) is 2. The van der Waals surface area contributed by atoms with Gasteiger partial charge in [-0.3, -0.25) is 0 Å². The molecular weight excluding hydrogens is 252 g/mol. The second-order valence-corrected chi connectivity index (χ2v) is 6.85. The van der Waals surface area contributed by atoms with Crippen molar-refractivity contribution >= 4 is 12.2 Å². The first-order valence-corrected chi connectivity index (χ1v) is 6.60. The minimum atomic E-state index is -0.685. The molecule has 0 spiro atoms. The van der Waals surface area contributed by atoms with Gasteiger partial charge in [-0.15, -0.1) is 0 Å². The molecule has 0 fully saturated rings. The van der Waals surface area contributed by atoms with E-state index in [2.05, 4.69) is 46.3 Å². The van der Waals surface area contributed by atoms with Crippen LogP contribution in [0, 0.1) is 0 Å². The van der Waals surface area contributed by atoms with Crippen molar-refractivity contribution in [1.29, 1.82) is 0 Å². The van der Waals surface area contributed by atoms with Gasteiger partial charge in [-0.25, -0.2) is 4.79 Å². The van der Waals surface area contributed by atoms with E-state index in [0.717, 1.165) is 17.3 Å². The molecule has 1 aromatic rings. The highest BCUT2D eigenvalue weighted by Gasteiger charge is 2.28. The topological polar surface area (TPSA) is 62.7 Å². The normalized spacial score (nSPS) is 11.7. The molecule has 108 valence electrons. The summed E-state index contributed by atoms with van der Waals surface area (Å²) >= 11 is 0. The van der Waals surface area contributed by atoms with E-state index in [-0.39, 0.29) is 10.8 Å². The average molecular weight is 274 g/mol. The fraction of sp³-hybridized carbons (Fsp3) is 0.500. The highest BCUT2D eigenvalue weighted by Crippen LogP contribution is 2.39. The monoisotopic (exact) mass is 274 g/mol. The van der Waals surface area contributed by atoms with Crippen molar-refractivity contribution in [2.24, 2.45) is 0 Å². The Kier molecular flexibility index (Phi) is 4.51. The molecule has 0 amide bonds. The molecule has 0 aliphatic rings. The molecule has 0 saturated heterocycles. The van der Waals surface area contributed by atoms with Crippen LogP contribution < -0.4 is 4.74 Å². The Hall–Kier alpha value is -1.93. The molecule has 0 N–H and O–H groups in total. The van der Waals surface area contributed by atoms with E-state index in [9.17, 15) is 4.79 Å². The second kappa shape index (κ2) is 5.59. The highest BCUT2D eigenvalue weighted by atomic mass is 16.5. The molecule has 0 heterocycles. The van der Waals surface area contributed by atoms with Crippen molar-refractivity contribution in [1.82, 2.24) is 0 Å². The zero-order valence-electron chi connectivity index (χ0n) is 13.0. The summed E-state index contributed by atoms with van der Waals surface area (Å²) in [6, 6.07) is 5.88. The van der Waals surface area contributed by atoms with E-state index in [0.29, 0.717) is 5.75 Å².